The average molecular weight is 274 g/mol. The summed E-state index contributed by atoms with van der Waals surface area (Å²) < 4.78 is 0. The van der Waals surface area contributed by atoms with Crippen molar-refractivity contribution in [3.05, 3.63) is 66.5 Å². The van der Waals surface area contributed by atoms with Crippen molar-refractivity contribution in [1.29, 1.82) is 0 Å². The molecule has 0 aliphatic heterocycles. The minimum Gasteiger partial charge on any atom is -0.310 e. The molecule has 2 heteroatoms. The number of benzene rings is 2. The SMILES string of the molecule is c1cc(-c2ccc(CNC3CC3)cc2)c2cnccc2c1. The maximum atomic E-state index is 4.26. The van der Waals surface area contributed by atoms with Gasteiger partial charge in [-0.1, -0.05) is 42.5 Å². The normalized spacial score (nSPS) is 14.5. The molecule has 0 unspecified atom stereocenters. The molecule has 1 aliphatic carbocycles. The summed E-state index contributed by atoms with van der Waals surface area (Å²) in [5, 5.41) is 6.00. The van der Waals surface area contributed by atoms with Gasteiger partial charge in [-0.15, -0.1) is 0 Å². The number of hydrogen-bond donors (Lipinski definition) is 1. The summed E-state index contributed by atoms with van der Waals surface area (Å²) in [6.07, 6.45) is 6.47. The lowest BCUT2D eigenvalue weighted by atomic mass is 9.99. The van der Waals surface area contributed by atoms with E-state index in [1.807, 2.05) is 12.4 Å². The Labute approximate surface area is 124 Å². The van der Waals surface area contributed by atoms with E-state index in [4.69, 9.17) is 0 Å². The monoisotopic (exact) mass is 274 g/mol. The molecule has 1 saturated carbocycles. The molecule has 1 heterocycles. The third kappa shape index (κ3) is 2.67. The molecule has 4 rings (SSSR count). The molecule has 2 nitrogen and oxygen atoms in total. The molecule has 3 aromatic rings. The summed E-state index contributed by atoms with van der Waals surface area (Å²) in [6.45, 7) is 0.974. The van der Waals surface area contributed by atoms with E-state index in [2.05, 4.69) is 58.8 Å². The maximum Gasteiger partial charge on any atom is 0.0352 e. The van der Waals surface area contributed by atoms with Crippen molar-refractivity contribution in [3.63, 3.8) is 0 Å². The molecular weight excluding hydrogens is 256 g/mol. The van der Waals surface area contributed by atoms with E-state index in [9.17, 15) is 0 Å². The van der Waals surface area contributed by atoms with Gasteiger partial charge in [-0.25, -0.2) is 0 Å². The first kappa shape index (κ1) is 12.5. The van der Waals surface area contributed by atoms with Crippen LogP contribution in [-0.2, 0) is 6.54 Å². The van der Waals surface area contributed by atoms with Crippen LogP contribution in [0, 0.1) is 0 Å². The predicted molar refractivity (Wildman–Crippen MR) is 87.0 cm³/mol. The summed E-state index contributed by atoms with van der Waals surface area (Å²) in [5.41, 5.74) is 3.86. The highest BCUT2D eigenvalue weighted by atomic mass is 14.9. The highest BCUT2D eigenvalue weighted by Gasteiger charge is 2.19. The Bertz CT molecular complexity index is 753. The van der Waals surface area contributed by atoms with Gasteiger partial charge in [0.1, 0.15) is 0 Å². The molecule has 1 aliphatic rings. The van der Waals surface area contributed by atoms with E-state index in [1.165, 1.54) is 40.3 Å². The van der Waals surface area contributed by atoms with E-state index < -0.39 is 0 Å². The minimum atomic E-state index is 0.758. The molecule has 0 atom stereocenters. The maximum absolute atomic E-state index is 4.26. The van der Waals surface area contributed by atoms with Crippen LogP contribution in [0.2, 0.25) is 0 Å². The molecule has 1 N–H and O–H groups in total. The Morgan fingerprint density at radius 2 is 1.86 bits per heavy atom. The first-order valence-corrected chi connectivity index (χ1v) is 7.55. The molecule has 1 fully saturated rings. The topological polar surface area (TPSA) is 24.9 Å². The fourth-order valence-corrected chi connectivity index (χ4v) is 2.72. The largest absolute Gasteiger partial charge is 0.310 e. The van der Waals surface area contributed by atoms with E-state index in [0.717, 1.165) is 12.6 Å². The fourth-order valence-electron chi connectivity index (χ4n) is 2.72. The van der Waals surface area contributed by atoms with Crippen LogP contribution < -0.4 is 5.32 Å². The zero-order valence-electron chi connectivity index (χ0n) is 11.9. The zero-order valence-corrected chi connectivity index (χ0v) is 11.9. The Hall–Kier alpha value is -2.19. The van der Waals surface area contributed by atoms with Gasteiger partial charge in [-0.3, -0.25) is 4.98 Å². The van der Waals surface area contributed by atoms with Crippen molar-refractivity contribution >= 4 is 10.8 Å². The molecule has 0 saturated heterocycles. The smallest absolute Gasteiger partial charge is 0.0352 e. The lowest BCUT2D eigenvalue weighted by Crippen LogP contribution is -2.14. The molecule has 0 bridgehead atoms. The number of nitrogens with one attached hydrogen (secondary N) is 1. The second kappa shape index (κ2) is 5.30. The second-order valence-corrected chi connectivity index (χ2v) is 5.75. The number of hydrogen-bond acceptors (Lipinski definition) is 2. The highest BCUT2D eigenvalue weighted by Crippen LogP contribution is 2.28. The van der Waals surface area contributed by atoms with Crippen LogP contribution in [0.3, 0.4) is 0 Å². The van der Waals surface area contributed by atoms with Gasteiger partial charge in [0.2, 0.25) is 0 Å². The van der Waals surface area contributed by atoms with Crippen molar-refractivity contribution in [3.8, 4) is 11.1 Å². The van der Waals surface area contributed by atoms with Gasteiger partial charge in [0.05, 0.1) is 0 Å². The fraction of sp³-hybridized carbons (Fsp3) is 0.211. The standard InChI is InChI=1S/C19H18N2/c1-2-15-10-11-20-13-19(15)18(3-1)16-6-4-14(5-7-16)12-21-17-8-9-17/h1-7,10-11,13,17,21H,8-9,12H2. The van der Waals surface area contributed by atoms with E-state index in [-0.39, 0.29) is 0 Å². The summed E-state index contributed by atoms with van der Waals surface area (Å²) in [5.74, 6) is 0. The Morgan fingerprint density at radius 3 is 2.67 bits per heavy atom. The van der Waals surface area contributed by atoms with Crippen molar-refractivity contribution in [2.45, 2.75) is 25.4 Å². The Balaban J connectivity index is 1.65. The molecular formula is C19H18N2. The molecule has 1 aromatic heterocycles. The van der Waals surface area contributed by atoms with Crippen LogP contribution in [-0.4, -0.2) is 11.0 Å². The van der Waals surface area contributed by atoms with Crippen LogP contribution >= 0.6 is 0 Å². The summed E-state index contributed by atoms with van der Waals surface area (Å²) >= 11 is 0. The van der Waals surface area contributed by atoms with Crippen molar-refractivity contribution in [2.24, 2.45) is 0 Å². The first-order chi connectivity index (χ1) is 10.4. The van der Waals surface area contributed by atoms with Gasteiger partial charge in [-0.2, -0.15) is 0 Å². The number of fused-ring (bicyclic) bond motifs is 1. The minimum absolute atomic E-state index is 0.758. The van der Waals surface area contributed by atoms with Crippen molar-refractivity contribution < 1.29 is 0 Å². The van der Waals surface area contributed by atoms with Crippen LogP contribution in [0.5, 0.6) is 0 Å². The van der Waals surface area contributed by atoms with Gasteiger partial charge in [-0.05, 0) is 41.0 Å². The Morgan fingerprint density at radius 1 is 1.00 bits per heavy atom. The zero-order chi connectivity index (χ0) is 14.1. The Kier molecular flexibility index (Phi) is 3.17. The molecule has 0 spiro atoms. The van der Waals surface area contributed by atoms with Gasteiger partial charge in [0.15, 0.2) is 0 Å². The van der Waals surface area contributed by atoms with E-state index >= 15 is 0 Å². The predicted octanol–water partition coefficient (Wildman–Crippen LogP) is 4.15. The highest BCUT2D eigenvalue weighted by molar-refractivity contribution is 5.95. The van der Waals surface area contributed by atoms with Crippen LogP contribution in [0.25, 0.3) is 21.9 Å². The summed E-state index contributed by atoms with van der Waals surface area (Å²) in [4.78, 5) is 4.26. The van der Waals surface area contributed by atoms with Gasteiger partial charge in [0, 0.05) is 30.4 Å². The van der Waals surface area contributed by atoms with Crippen LogP contribution in [0.15, 0.2) is 60.9 Å². The van der Waals surface area contributed by atoms with Crippen molar-refractivity contribution in [2.75, 3.05) is 0 Å². The van der Waals surface area contributed by atoms with Gasteiger partial charge in [0.25, 0.3) is 0 Å². The number of rotatable bonds is 4. The summed E-state index contributed by atoms with van der Waals surface area (Å²) in [7, 11) is 0. The summed E-state index contributed by atoms with van der Waals surface area (Å²) in [6, 6.07) is 18.1. The lowest BCUT2D eigenvalue weighted by molar-refractivity contribution is 0.688. The molecule has 0 radical (unpaired) electrons. The lowest BCUT2D eigenvalue weighted by Gasteiger charge is -2.08. The third-order valence-electron chi connectivity index (χ3n) is 4.12. The van der Waals surface area contributed by atoms with E-state index in [0.29, 0.717) is 0 Å². The molecule has 21 heavy (non-hydrogen) atoms. The first-order valence-electron chi connectivity index (χ1n) is 7.55. The molecule has 0 amide bonds. The van der Waals surface area contributed by atoms with Crippen LogP contribution in [0.1, 0.15) is 18.4 Å². The van der Waals surface area contributed by atoms with Crippen molar-refractivity contribution in [1.82, 2.24) is 10.3 Å². The number of aromatic nitrogens is 1. The second-order valence-electron chi connectivity index (χ2n) is 5.75. The van der Waals surface area contributed by atoms with Gasteiger partial charge >= 0.3 is 0 Å². The quantitative estimate of drug-likeness (QED) is 0.773. The van der Waals surface area contributed by atoms with Gasteiger partial charge < -0.3 is 5.32 Å². The third-order valence-corrected chi connectivity index (χ3v) is 4.12. The van der Waals surface area contributed by atoms with E-state index in [1.54, 1.807) is 0 Å². The number of pyridine rings is 1. The van der Waals surface area contributed by atoms with Crippen LogP contribution in [0.4, 0.5) is 0 Å². The molecule has 104 valence electrons. The number of nitrogens with zero attached hydrogens (tertiary/aromatic N) is 1. The average Bonchev–Trinajstić information content (AvgIpc) is 3.37. The molecule has 2 aromatic carbocycles.